The molecule has 1 aromatic heterocycles. The van der Waals surface area contributed by atoms with E-state index in [0.717, 1.165) is 18.2 Å². The van der Waals surface area contributed by atoms with E-state index in [1.165, 1.54) is 12.3 Å². The molecule has 8 heteroatoms. The van der Waals surface area contributed by atoms with Crippen LogP contribution in [-0.4, -0.2) is 16.0 Å². The number of hydrogen-bond acceptors (Lipinski definition) is 5. The van der Waals surface area contributed by atoms with Gasteiger partial charge in [-0.2, -0.15) is 4.39 Å². The van der Waals surface area contributed by atoms with E-state index in [1.807, 2.05) is 0 Å². The summed E-state index contributed by atoms with van der Waals surface area (Å²) in [6.07, 6.45) is 1.26. The van der Waals surface area contributed by atoms with Crippen LogP contribution >= 0.6 is 0 Å². The first-order chi connectivity index (χ1) is 8.58. The predicted molar refractivity (Wildman–Crippen MR) is 57.5 cm³/mol. The standard InChI is InChI=1S/C10H6FN3O4/c11-7-5-6(1-2-8(7)14(16)17)10(15)12-9-3-4-18-13-9/h1-5H,(H,12,13,15). The number of hydrogen-bond donors (Lipinski definition) is 1. The Hall–Kier alpha value is -2.77. The molecule has 0 aliphatic carbocycles. The second-order valence-corrected chi connectivity index (χ2v) is 3.26. The molecule has 1 aromatic carbocycles. The van der Waals surface area contributed by atoms with Gasteiger partial charge in [-0.05, 0) is 12.1 Å². The van der Waals surface area contributed by atoms with E-state index in [-0.39, 0.29) is 11.4 Å². The summed E-state index contributed by atoms with van der Waals surface area (Å²) >= 11 is 0. The number of amides is 1. The van der Waals surface area contributed by atoms with Gasteiger partial charge in [-0.3, -0.25) is 14.9 Å². The van der Waals surface area contributed by atoms with E-state index in [9.17, 15) is 19.3 Å². The Morgan fingerprint density at radius 3 is 2.78 bits per heavy atom. The maximum Gasteiger partial charge on any atom is 0.304 e. The molecule has 0 aliphatic rings. The van der Waals surface area contributed by atoms with Crippen molar-refractivity contribution in [2.24, 2.45) is 0 Å². The fourth-order valence-electron chi connectivity index (χ4n) is 1.26. The molecule has 1 amide bonds. The highest BCUT2D eigenvalue weighted by molar-refractivity contribution is 6.03. The molecule has 0 fully saturated rings. The number of nitrogens with zero attached hydrogens (tertiary/aromatic N) is 2. The summed E-state index contributed by atoms with van der Waals surface area (Å²) in [5, 5.41) is 16.2. The molecule has 0 radical (unpaired) electrons. The highest BCUT2D eigenvalue weighted by atomic mass is 19.1. The number of nitro groups is 1. The van der Waals surface area contributed by atoms with Crippen molar-refractivity contribution in [3.05, 3.63) is 52.0 Å². The van der Waals surface area contributed by atoms with E-state index in [2.05, 4.69) is 15.0 Å². The van der Waals surface area contributed by atoms with Crippen LogP contribution in [0.5, 0.6) is 0 Å². The molecule has 0 bridgehead atoms. The maximum absolute atomic E-state index is 13.3. The lowest BCUT2D eigenvalue weighted by atomic mass is 10.2. The van der Waals surface area contributed by atoms with Gasteiger partial charge >= 0.3 is 5.69 Å². The molecule has 0 unspecified atom stereocenters. The number of benzene rings is 1. The van der Waals surface area contributed by atoms with E-state index in [0.29, 0.717) is 0 Å². The molecule has 1 N–H and O–H groups in total. The van der Waals surface area contributed by atoms with E-state index in [4.69, 9.17) is 0 Å². The lowest BCUT2D eigenvalue weighted by molar-refractivity contribution is -0.387. The molecule has 0 saturated heterocycles. The van der Waals surface area contributed by atoms with Crippen molar-refractivity contribution in [3.63, 3.8) is 0 Å². The van der Waals surface area contributed by atoms with Crippen LogP contribution in [0, 0.1) is 15.9 Å². The van der Waals surface area contributed by atoms with Gasteiger partial charge in [0.1, 0.15) is 6.26 Å². The molecular formula is C10H6FN3O4. The van der Waals surface area contributed by atoms with Crippen LogP contribution in [0.25, 0.3) is 0 Å². The van der Waals surface area contributed by atoms with Crippen molar-refractivity contribution in [1.29, 1.82) is 0 Å². The Morgan fingerprint density at radius 2 is 2.22 bits per heavy atom. The fraction of sp³-hybridized carbons (Fsp3) is 0. The van der Waals surface area contributed by atoms with Gasteiger partial charge in [0.25, 0.3) is 5.91 Å². The van der Waals surface area contributed by atoms with E-state index < -0.39 is 22.3 Å². The molecule has 2 rings (SSSR count). The topological polar surface area (TPSA) is 98.3 Å². The molecule has 92 valence electrons. The largest absolute Gasteiger partial charge is 0.363 e. The van der Waals surface area contributed by atoms with Crippen molar-refractivity contribution in [1.82, 2.24) is 5.16 Å². The third kappa shape index (κ3) is 2.32. The van der Waals surface area contributed by atoms with Crippen LogP contribution in [0.1, 0.15) is 10.4 Å². The molecule has 0 spiro atoms. The molecule has 18 heavy (non-hydrogen) atoms. The minimum atomic E-state index is -1.08. The zero-order valence-electron chi connectivity index (χ0n) is 8.79. The van der Waals surface area contributed by atoms with Crippen LogP contribution in [0.2, 0.25) is 0 Å². The van der Waals surface area contributed by atoms with E-state index >= 15 is 0 Å². The first-order valence-electron chi connectivity index (χ1n) is 4.73. The SMILES string of the molecule is O=C(Nc1ccon1)c1ccc([N+](=O)[O-])c(F)c1. The Bertz CT molecular complexity index is 597. The maximum atomic E-state index is 13.3. The van der Waals surface area contributed by atoms with Gasteiger partial charge in [-0.25, -0.2) is 0 Å². The second-order valence-electron chi connectivity index (χ2n) is 3.26. The Morgan fingerprint density at radius 1 is 1.44 bits per heavy atom. The monoisotopic (exact) mass is 251 g/mol. The summed E-state index contributed by atoms with van der Waals surface area (Å²) in [5.74, 6) is -1.55. The van der Waals surface area contributed by atoms with Gasteiger partial charge in [0.15, 0.2) is 5.82 Å². The van der Waals surface area contributed by atoms with Gasteiger partial charge in [-0.15, -0.1) is 0 Å². The molecule has 0 saturated carbocycles. The number of nitro benzene ring substituents is 1. The van der Waals surface area contributed by atoms with Crippen LogP contribution in [0.3, 0.4) is 0 Å². The number of carbonyl (C=O) groups is 1. The average Bonchev–Trinajstić information content (AvgIpc) is 2.81. The zero-order chi connectivity index (χ0) is 13.1. The number of nitrogens with one attached hydrogen (secondary N) is 1. The Labute approximate surface area is 99.3 Å². The highest BCUT2D eigenvalue weighted by Gasteiger charge is 2.17. The van der Waals surface area contributed by atoms with Crippen LogP contribution in [0.4, 0.5) is 15.9 Å². The van der Waals surface area contributed by atoms with Gasteiger partial charge in [0.05, 0.1) is 4.92 Å². The quantitative estimate of drug-likeness (QED) is 0.664. The van der Waals surface area contributed by atoms with Crippen molar-refractivity contribution >= 4 is 17.4 Å². The van der Waals surface area contributed by atoms with Crippen molar-refractivity contribution in [2.45, 2.75) is 0 Å². The summed E-state index contributed by atoms with van der Waals surface area (Å²) in [4.78, 5) is 21.2. The predicted octanol–water partition coefficient (Wildman–Crippen LogP) is 1.97. The molecule has 0 aliphatic heterocycles. The van der Waals surface area contributed by atoms with Gasteiger partial charge in [-0.1, -0.05) is 5.16 Å². The van der Waals surface area contributed by atoms with Crippen LogP contribution in [-0.2, 0) is 0 Å². The number of halogens is 1. The lowest BCUT2D eigenvalue weighted by Gasteiger charge is -2.01. The summed E-state index contributed by atoms with van der Waals surface area (Å²) < 4.78 is 17.8. The summed E-state index contributed by atoms with van der Waals surface area (Å²) in [5.41, 5.74) is -0.742. The number of rotatable bonds is 3. The third-order valence-corrected chi connectivity index (χ3v) is 2.09. The van der Waals surface area contributed by atoms with Gasteiger partial charge in [0.2, 0.25) is 5.82 Å². The average molecular weight is 251 g/mol. The Balaban J connectivity index is 2.21. The minimum Gasteiger partial charge on any atom is -0.363 e. The number of aromatic nitrogens is 1. The third-order valence-electron chi connectivity index (χ3n) is 2.09. The van der Waals surface area contributed by atoms with Gasteiger partial charge in [0, 0.05) is 17.7 Å². The van der Waals surface area contributed by atoms with Crippen molar-refractivity contribution in [2.75, 3.05) is 5.32 Å². The zero-order valence-corrected chi connectivity index (χ0v) is 8.79. The summed E-state index contributed by atoms with van der Waals surface area (Å²) in [7, 11) is 0. The van der Waals surface area contributed by atoms with Crippen molar-refractivity contribution < 1.29 is 18.6 Å². The Kier molecular flexibility index (Phi) is 3.00. The summed E-state index contributed by atoms with van der Waals surface area (Å²) in [6.45, 7) is 0. The van der Waals surface area contributed by atoms with Gasteiger partial charge < -0.3 is 9.84 Å². The molecule has 2 aromatic rings. The number of carbonyl (C=O) groups excluding carboxylic acids is 1. The lowest BCUT2D eigenvalue weighted by Crippen LogP contribution is -2.12. The summed E-state index contributed by atoms with van der Waals surface area (Å²) in [6, 6.07) is 4.26. The molecular weight excluding hydrogens is 245 g/mol. The number of anilines is 1. The van der Waals surface area contributed by atoms with E-state index in [1.54, 1.807) is 0 Å². The van der Waals surface area contributed by atoms with Crippen LogP contribution in [0.15, 0.2) is 35.1 Å². The second kappa shape index (κ2) is 4.62. The highest BCUT2D eigenvalue weighted by Crippen LogP contribution is 2.18. The fourth-order valence-corrected chi connectivity index (χ4v) is 1.26. The molecule has 1 heterocycles. The smallest absolute Gasteiger partial charge is 0.304 e. The van der Waals surface area contributed by atoms with Crippen LogP contribution < -0.4 is 5.32 Å². The molecule has 0 atom stereocenters. The van der Waals surface area contributed by atoms with Crippen molar-refractivity contribution in [3.8, 4) is 0 Å². The first-order valence-corrected chi connectivity index (χ1v) is 4.73. The normalized spacial score (nSPS) is 10.1. The first kappa shape index (κ1) is 11.7. The minimum absolute atomic E-state index is 0.0545. The molecule has 7 nitrogen and oxygen atoms in total.